The molecule has 4 aliphatic carbocycles. The van der Waals surface area contributed by atoms with Crippen LogP contribution in [-0.4, -0.2) is 75.1 Å². The topological polar surface area (TPSA) is 173 Å². The van der Waals surface area contributed by atoms with Crippen molar-refractivity contribution < 1.29 is 39.2 Å². The number of benzene rings is 1. The molecule has 1 amide bonds. The van der Waals surface area contributed by atoms with Crippen LogP contribution < -0.4 is 11.1 Å². The number of hydrogen-bond acceptors (Lipinski definition) is 9. The number of carbonyl (C=O) groups excluding carboxylic acids is 3. The average molecular weight is 558 g/mol. The first-order chi connectivity index (χ1) is 18.9. The molecule has 5 rings (SSSR count). The van der Waals surface area contributed by atoms with E-state index in [9.17, 15) is 34.8 Å². The van der Waals surface area contributed by atoms with E-state index in [0.717, 1.165) is 12.8 Å². The molecule has 0 spiro atoms. The predicted octanol–water partition coefficient (Wildman–Crippen LogP) is 1.93. The number of primary amides is 1. The van der Waals surface area contributed by atoms with Gasteiger partial charge in [0.25, 0.3) is 5.91 Å². The lowest BCUT2D eigenvalue weighted by atomic mass is 9.58. The smallest absolute Gasteiger partial charge is 0.255 e. The summed E-state index contributed by atoms with van der Waals surface area (Å²) in [7, 11) is 3.10. The van der Waals surface area contributed by atoms with Gasteiger partial charge in [-0.05, 0) is 64.2 Å². The van der Waals surface area contributed by atoms with E-state index in [4.69, 9.17) is 5.73 Å². The summed E-state index contributed by atoms with van der Waals surface area (Å²) in [6.07, 6.45) is 5.60. The molecule has 0 heterocycles. The number of aromatic hydroxyl groups is 1. The minimum Gasteiger partial charge on any atom is -0.510 e. The number of phenolic OH excluding ortho intramolecular Hbond substituents is 1. The van der Waals surface area contributed by atoms with E-state index in [1.54, 1.807) is 14.1 Å². The van der Waals surface area contributed by atoms with Gasteiger partial charge in [-0.2, -0.15) is 0 Å². The number of ketones is 2. The molecule has 1 fully saturated rings. The van der Waals surface area contributed by atoms with Crippen LogP contribution in [0.3, 0.4) is 0 Å². The molecular weight excluding hydrogens is 521 g/mol. The van der Waals surface area contributed by atoms with Gasteiger partial charge in [-0.25, -0.2) is 4.39 Å². The van der Waals surface area contributed by atoms with Crippen molar-refractivity contribution in [3.05, 3.63) is 51.2 Å². The maximum Gasteiger partial charge on any atom is 0.255 e. The zero-order valence-corrected chi connectivity index (χ0v) is 22.7. The van der Waals surface area contributed by atoms with Gasteiger partial charge in [0.05, 0.1) is 11.6 Å². The minimum absolute atomic E-state index is 0.00773. The van der Waals surface area contributed by atoms with Crippen molar-refractivity contribution in [1.82, 2.24) is 10.2 Å². The second kappa shape index (κ2) is 10.3. The summed E-state index contributed by atoms with van der Waals surface area (Å²) in [6, 6.07) is 0.116. The summed E-state index contributed by atoms with van der Waals surface area (Å²) >= 11 is 0. The number of nitrogens with two attached hydrogens (primary N) is 1. The van der Waals surface area contributed by atoms with E-state index >= 15 is 4.39 Å². The number of likely N-dealkylation sites (N-methyl/N-ethyl adjacent to an activating group) is 1. The number of nitrogens with zero attached hydrogens (tertiary/aromatic N) is 1. The van der Waals surface area contributed by atoms with E-state index in [2.05, 4.69) is 5.32 Å². The van der Waals surface area contributed by atoms with Crippen molar-refractivity contribution in [3.8, 4) is 5.75 Å². The Labute approximate surface area is 231 Å². The number of Topliss-reactive ketones (excluding diaryl/α,β-unsaturated/α-hetero) is 2. The maximum absolute atomic E-state index is 15.4. The molecule has 0 radical (unpaired) electrons. The number of phenols is 1. The van der Waals surface area contributed by atoms with Gasteiger partial charge >= 0.3 is 0 Å². The molecule has 40 heavy (non-hydrogen) atoms. The number of allylic oxidation sites excluding steroid dienone is 1. The van der Waals surface area contributed by atoms with Crippen LogP contribution >= 0.6 is 0 Å². The SMILES string of the molecule is CN(C)[C@@H]1C(O)=C(C(N)=O)C(=O)[C@@]2(O)C(O)=C3C(=O)c4c(O)c(CNCC5CCCCC5)cc(F)c4C[C@H]3C[C@@H]12. The zero-order chi connectivity index (χ0) is 29.1. The average Bonchev–Trinajstić information content (AvgIpc) is 2.89. The Hall–Kier alpha value is -3.28. The second-order valence-corrected chi connectivity index (χ2v) is 11.8. The van der Waals surface area contributed by atoms with Crippen molar-refractivity contribution in [1.29, 1.82) is 0 Å². The summed E-state index contributed by atoms with van der Waals surface area (Å²) in [5, 5.41) is 48.2. The molecule has 0 aromatic heterocycles. The Morgan fingerprint density at radius 3 is 2.48 bits per heavy atom. The molecule has 1 aromatic rings. The molecule has 7 N–H and O–H groups in total. The Morgan fingerprint density at radius 2 is 1.85 bits per heavy atom. The molecule has 0 aliphatic heterocycles. The van der Waals surface area contributed by atoms with Crippen LogP contribution in [0, 0.1) is 23.6 Å². The van der Waals surface area contributed by atoms with E-state index in [1.165, 1.54) is 30.2 Å². The molecule has 1 saturated carbocycles. The standard InChI is InChI=1S/C29H36FN3O7/c1-33(2)22-17-9-14-8-16-18(30)10-15(12-32-11-13-6-4-3-5-7-13)23(34)20(16)24(35)19(14)26(37)29(17,40)27(38)21(25(22)36)28(31)39/h10,13-14,17,22,32,34,36-37,40H,3-9,11-12H2,1-2H3,(H2,31,39)/t14-,17-,22-,29-/m0/s1. The fourth-order valence-electron chi connectivity index (χ4n) is 7.26. The Bertz CT molecular complexity index is 1350. The van der Waals surface area contributed by atoms with Crippen LogP contribution in [0.1, 0.15) is 60.0 Å². The largest absolute Gasteiger partial charge is 0.510 e. The van der Waals surface area contributed by atoms with Crippen LogP contribution in [0.2, 0.25) is 0 Å². The molecule has 0 unspecified atom stereocenters. The van der Waals surface area contributed by atoms with Crippen LogP contribution in [0.25, 0.3) is 0 Å². The predicted molar refractivity (Wildman–Crippen MR) is 142 cm³/mol. The number of aliphatic hydroxyl groups excluding tert-OH is 2. The van der Waals surface area contributed by atoms with Gasteiger partial charge in [-0.1, -0.05) is 19.3 Å². The van der Waals surface area contributed by atoms with Crippen LogP contribution in [0.15, 0.2) is 28.7 Å². The number of fused-ring (bicyclic) bond motifs is 3. The van der Waals surface area contributed by atoms with Crippen LogP contribution in [0.4, 0.5) is 4.39 Å². The summed E-state index contributed by atoms with van der Waals surface area (Å²) in [4.78, 5) is 40.7. The van der Waals surface area contributed by atoms with Gasteiger partial charge in [0.1, 0.15) is 28.7 Å². The second-order valence-electron chi connectivity index (χ2n) is 11.8. The van der Waals surface area contributed by atoms with Gasteiger partial charge < -0.3 is 31.5 Å². The van der Waals surface area contributed by atoms with E-state index in [-0.39, 0.29) is 41.6 Å². The highest BCUT2D eigenvalue weighted by molar-refractivity contribution is 6.24. The molecule has 10 nitrogen and oxygen atoms in total. The number of carbonyl (C=O) groups is 3. The van der Waals surface area contributed by atoms with Crippen molar-refractivity contribution in [3.63, 3.8) is 0 Å². The molecular formula is C29H36FN3O7. The van der Waals surface area contributed by atoms with E-state index < -0.39 is 69.6 Å². The third-order valence-electron chi connectivity index (χ3n) is 9.22. The normalized spacial score (nSPS) is 29.0. The molecule has 216 valence electrons. The number of nitrogens with one attached hydrogen (secondary N) is 1. The Morgan fingerprint density at radius 1 is 1.18 bits per heavy atom. The molecule has 4 aliphatic rings. The first kappa shape index (κ1) is 28.3. The van der Waals surface area contributed by atoms with Crippen molar-refractivity contribution >= 4 is 17.5 Å². The summed E-state index contributed by atoms with van der Waals surface area (Å²) in [6.45, 7) is 0.835. The molecule has 0 bridgehead atoms. The third kappa shape index (κ3) is 4.22. The van der Waals surface area contributed by atoms with Gasteiger partial charge in [-0.15, -0.1) is 0 Å². The lowest BCUT2D eigenvalue weighted by Gasteiger charge is -2.50. The Kier molecular flexibility index (Phi) is 7.26. The van der Waals surface area contributed by atoms with Gasteiger partial charge in [-0.3, -0.25) is 19.3 Å². The number of halogens is 1. The van der Waals surface area contributed by atoms with Gasteiger partial charge in [0, 0.05) is 29.2 Å². The number of rotatable bonds is 6. The van der Waals surface area contributed by atoms with E-state index in [1.807, 2.05) is 0 Å². The summed E-state index contributed by atoms with van der Waals surface area (Å²) in [5.41, 5.74) is 1.33. The summed E-state index contributed by atoms with van der Waals surface area (Å²) in [5.74, 6) is -7.65. The van der Waals surface area contributed by atoms with Crippen LogP contribution in [0.5, 0.6) is 5.75 Å². The first-order valence-corrected chi connectivity index (χ1v) is 13.8. The Balaban J connectivity index is 1.54. The number of aliphatic hydroxyl groups is 3. The number of hydrogen-bond donors (Lipinski definition) is 6. The highest BCUT2D eigenvalue weighted by atomic mass is 19.1. The van der Waals surface area contributed by atoms with Gasteiger partial charge in [0.15, 0.2) is 11.4 Å². The fraction of sp³-hybridized carbons (Fsp3) is 0.552. The highest BCUT2D eigenvalue weighted by Crippen LogP contribution is 2.52. The highest BCUT2D eigenvalue weighted by Gasteiger charge is 2.63. The zero-order valence-electron chi connectivity index (χ0n) is 22.7. The molecule has 4 atom stereocenters. The third-order valence-corrected chi connectivity index (χ3v) is 9.22. The fourth-order valence-corrected chi connectivity index (χ4v) is 7.26. The van der Waals surface area contributed by atoms with Crippen molar-refractivity contribution in [2.24, 2.45) is 23.5 Å². The van der Waals surface area contributed by atoms with Crippen molar-refractivity contribution in [2.75, 3.05) is 20.6 Å². The minimum atomic E-state index is -2.72. The monoisotopic (exact) mass is 557 g/mol. The van der Waals surface area contributed by atoms with Crippen molar-refractivity contribution in [2.45, 2.75) is 63.1 Å². The number of amides is 1. The molecule has 11 heteroatoms. The van der Waals surface area contributed by atoms with E-state index in [0.29, 0.717) is 12.5 Å². The van der Waals surface area contributed by atoms with Crippen LogP contribution in [-0.2, 0) is 22.6 Å². The molecule has 0 saturated heterocycles. The molecule has 1 aromatic carbocycles. The van der Waals surface area contributed by atoms with Gasteiger partial charge in [0.2, 0.25) is 5.78 Å². The summed E-state index contributed by atoms with van der Waals surface area (Å²) < 4.78 is 15.4. The maximum atomic E-state index is 15.4. The lowest BCUT2D eigenvalue weighted by molar-refractivity contribution is -0.148. The quantitative estimate of drug-likeness (QED) is 0.286. The lowest BCUT2D eigenvalue weighted by Crippen LogP contribution is -2.63. The first-order valence-electron chi connectivity index (χ1n) is 13.8.